The van der Waals surface area contributed by atoms with Gasteiger partial charge in [0.05, 0.1) is 0 Å². The molecule has 2 heterocycles. The van der Waals surface area contributed by atoms with Gasteiger partial charge in [-0.25, -0.2) is 14.3 Å². The highest BCUT2D eigenvalue weighted by Gasteiger charge is 2.14. The molecule has 0 radical (unpaired) electrons. The van der Waals surface area contributed by atoms with E-state index in [1.807, 2.05) is 13.0 Å². The van der Waals surface area contributed by atoms with Crippen LogP contribution in [-0.2, 0) is 11.5 Å². The smallest absolute Gasteiger partial charge is 0.406 e. The van der Waals surface area contributed by atoms with Gasteiger partial charge in [-0.2, -0.15) is 0 Å². The van der Waals surface area contributed by atoms with E-state index in [1.165, 1.54) is 4.57 Å². The molecule has 0 aromatic carbocycles. The van der Waals surface area contributed by atoms with Crippen molar-refractivity contribution in [2.75, 3.05) is 6.61 Å². The van der Waals surface area contributed by atoms with E-state index in [2.05, 4.69) is 24.6 Å². The van der Waals surface area contributed by atoms with Crippen molar-refractivity contribution in [3.05, 3.63) is 28.4 Å². The Morgan fingerprint density at radius 2 is 2.16 bits per heavy atom. The number of nitrogens with zero attached hydrogens (tertiary/aromatic N) is 2. The fraction of sp³-hybridized carbons (Fsp3) is 0.538. The number of fused-ring (bicyclic) bond motifs is 1. The van der Waals surface area contributed by atoms with Crippen molar-refractivity contribution in [2.24, 2.45) is 0 Å². The van der Waals surface area contributed by atoms with Crippen LogP contribution in [0.4, 0.5) is 0 Å². The fourth-order valence-electron chi connectivity index (χ4n) is 1.70. The zero-order chi connectivity index (χ0) is 14.0. The molecule has 0 fully saturated rings. The van der Waals surface area contributed by atoms with Crippen molar-refractivity contribution in [3.63, 3.8) is 0 Å². The van der Waals surface area contributed by atoms with Gasteiger partial charge in [0.2, 0.25) is 0 Å². The molecule has 0 aliphatic heterocycles. The lowest BCUT2D eigenvalue weighted by Gasteiger charge is -2.15. The van der Waals surface area contributed by atoms with E-state index in [1.54, 1.807) is 6.20 Å². The van der Waals surface area contributed by atoms with Crippen LogP contribution in [0.5, 0.6) is 0 Å². The van der Waals surface area contributed by atoms with Gasteiger partial charge in [-0.15, -0.1) is 0 Å². The molecule has 19 heavy (non-hydrogen) atoms. The maximum absolute atomic E-state index is 11.7. The van der Waals surface area contributed by atoms with E-state index in [9.17, 15) is 4.79 Å². The minimum atomic E-state index is -1.11. The molecular formula is C13H20N2O3Si. The number of oxazole rings is 1. The number of hydrogen-bond acceptors (Lipinski definition) is 4. The molecule has 0 spiro atoms. The van der Waals surface area contributed by atoms with Crippen LogP contribution in [0.15, 0.2) is 21.5 Å². The van der Waals surface area contributed by atoms with E-state index in [4.69, 9.17) is 9.15 Å². The van der Waals surface area contributed by atoms with E-state index in [0.29, 0.717) is 17.8 Å². The van der Waals surface area contributed by atoms with Crippen LogP contribution in [0.1, 0.15) is 5.56 Å². The maximum Gasteiger partial charge on any atom is 0.423 e. The average Bonchev–Trinajstić information content (AvgIpc) is 2.58. The van der Waals surface area contributed by atoms with Gasteiger partial charge < -0.3 is 9.15 Å². The summed E-state index contributed by atoms with van der Waals surface area (Å²) < 4.78 is 12.2. The van der Waals surface area contributed by atoms with Crippen LogP contribution in [0.2, 0.25) is 25.7 Å². The monoisotopic (exact) mass is 280 g/mol. The minimum absolute atomic E-state index is 0.201. The molecule has 0 saturated carbocycles. The average molecular weight is 280 g/mol. The van der Waals surface area contributed by atoms with Crippen LogP contribution in [0, 0.1) is 6.92 Å². The lowest BCUT2D eigenvalue weighted by atomic mass is 10.3. The molecule has 0 aliphatic carbocycles. The lowest BCUT2D eigenvalue weighted by molar-refractivity contribution is 0.0847. The molecule has 0 bridgehead atoms. The number of hydrogen-bond donors (Lipinski definition) is 0. The Balaban J connectivity index is 2.09. The Hall–Kier alpha value is -1.40. The van der Waals surface area contributed by atoms with Crippen molar-refractivity contribution in [1.82, 2.24) is 9.55 Å². The highest BCUT2D eigenvalue weighted by atomic mass is 28.3. The summed E-state index contributed by atoms with van der Waals surface area (Å²) in [6, 6.07) is 2.88. The molecule has 6 heteroatoms. The third-order valence-corrected chi connectivity index (χ3v) is 4.56. The third kappa shape index (κ3) is 3.54. The van der Waals surface area contributed by atoms with E-state index >= 15 is 0 Å². The first-order valence-corrected chi connectivity index (χ1v) is 10.1. The predicted molar refractivity (Wildman–Crippen MR) is 77.1 cm³/mol. The summed E-state index contributed by atoms with van der Waals surface area (Å²) in [7, 11) is -1.11. The first-order chi connectivity index (χ1) is 8.87. The molecule has 0 unspecified atom stereocenters. The van der Waals surface area contributed by atoms with Gasteiger partial charge in [0.1, 0.15) is 6.73 Å². The number of ether oxygens (including phenoxy) is 1. The van der Waals surface area contributed by atoms with Gasteiger partial charge >= 0.3 is 5.76 Å². The number of rotatable bonds is 5. The Labute approximate surface area is 113 Å². The second-order valence-electron chi connectivity index (χ2n) is 5.98. The van der Waals surface area contributed by atoms with Crippen molar-refractivity contribution in [3.8, 4) is 0 Å². The molecule has 5 nitrogen and oxygen atoms in total. The Morgan fingerprint density at radius 3 is 2.84 bits per heavy atom. The van der Waals surface area contributed by atoms with E-state index in [0.717, 1.165) is 11.6 Å². The predicted octanol–water partition coefficient (Wildman–Crippen LogP) is 2.61. The number of aromatic nitrogens is 2. The summed E-state index contributed by atoms with van der Waals surface area (Å²) in [5.41, 5.74) is 2.02. The van der Waals surface area contributed by atoms with Crippen molar-refractivity contribution < 1.29 is 9.15 Å². The standard InChI is InChI=1S/C13H20N2O3Si/c1-10-7-11-12(14-8-10)15(13(16)18-11)9-17-5-6-19(2,3)4/h7-8H,5-6,9H2,1-4H3. The zero-order valence-electron chi connectivity index (χ0n) is 11.9. The molecule has 2 aromatic heterocycles. The van der Waals surface area contributed by atoms with Crippen LogP contribution in [0.3, 0.4) is 0 Å². The molecular weight excluding hydrogens is 260 g/mol. The van der Waals surface area contributed by atoms with Crippen LogP contribution in [0.25, 0.3) is 11.2 Å². The van der Waals surface area contributed by atoms with Crippen LogP contribution in [-0.4, -0.2) is 24.2 Å². The lowest BCUT2D eigenvalue weighted by Crippen LogP contribution is -2.23. The highest BCUT2D eigenvalue weighted by molar-refractivity contribution is 6.76. The largest absolute Gasteiger partial charge is 0.423 e. The van der Waals surface area contributed by atoms with Crippen molar-refractivity contribution >= 4 is 19.3 Å². The van der Waals surface area contributed by atoms with Crippen molar-refractivity contribution in [1.29, 1.82) is 0 Å². The molecule has 104 valence electrons. The van der Waals surface area contributed by atoms with Gasteiger partial charge in [0, 0.05) is 20.9 Å². The van der Waals surface area contributed by atoms with Gasteiger partial charge in [0.25, 0.3) is 0 Å². The summed E-state index contributed by atoms with van der Waals surface area (Å²) >= 11 is 0. The molecule has 0 saturated heterocycles. The molecule has 0 amide bonds. The topological polar surface area (TPSA) is 57.3 Å². The Kier molecular flexibility index (Phi) is 3.91. The molecule has 0 N–H and O–H groups in total. The van der Waals surface area contributed by atoms with Gasteiger partial charge in [-0.05, 0) is 24.6 Å². The van der Waals surface area contributed by atoms with Crippen LogP contribution >= 0.6 is 0 Å². The van der Waals surface area contributed by atoms with E-state index < -0.39 is 13.8 Å². The van der Waals surface area contributed by atoms with Gasteiger partial charge in [0.15, 0.2) is 11.2 Å². The minimum Gasteiger partial charge on any atom is -0.406 e. The number of pyridine rings is 1. The summed E-state index contributed by atoms with van der Waals surface area (Å²) in [5, 5.41) is 0. The maximum atomic E-state index is 11.7. The molecule has 0 atom stereocenters. The first-order valence-electron chi connectivity index (χ1n) is 6.40. The second kappa shape index (κ2) is 5.30. The van der Waals surface area contributed by atoms with Crippen molar-refractivity contribution in [2.45, 2.75) is 39.3 Å². The quantitative estimate of drug-likeness (QED) is 0.624. The normalized spacial score (nSPS) is 12.2. The SMILES string of the molecule is Cc1cnc2c(c1)oc(=O)n2COCC[Si](C)(C)C. The summed E-state index contributed by atoms with van der Waals surface area (Å²) in [4.78, 5) is 16.0. The zero-order valence-corrected chi connectivity index (χ0v) is 12.9. The Morgan fingerprint density at radius 1 is 1.42 bits per heavy atom. The second-order valence-corrected chi connectivity index (χ2v) is 11.6. The first kappa shape index (κ1) is 14.0. The van der Waals surface area contributed by atoms with E-state index in [-0.39, 0.29) is 6.73 Å². The molecule has 2 aromatic rings. The van der Waals surface area contributed by atoms with Gasteiger partial charge in [-0.1, -0.05) is 19.6 Å². The summed E-state index contributed by atoms with van der Waals surface area (Å²) in [5.74, 6) is -0.416. The summed E-state index contributed by atoms with van der Waals surface area (Å²) in [6.07, 6.45) is 1.72. The molecule has 0 aliphatic rings. The van der Waals surface area contributed by atoms with Gasteiger partial charge in [-0.3, -0.25) is 0 Å². The Bertz CT molecular complexity index is 625. The highest BCUT2D eigenvalue weighted by Crippen LogP contribution is 2.12. The fourth-order valence-corrected chi connectivity index (χ4v) is 2.45. The summed E-state index contributed by atoms with van der Waals surface area (Å²) in [6.45, 7) is 9.65. The molecule has 2 rings (SSSR count). The number of aryl methyl sites for hydroxylation is 1. The third-order valence-electron chi connectivity index (χ3n) is 2.86. The van der Waals surface area contributed by atoms with Crippen LogP contribution < -0.4 is 5.76 Å².